The highest BCUT2D eigenvalue weighted by molar-refractivity contribution is 5.98. The first-order valence-corrected chi connectivity index (χ1v) is 5.19. The van der Waals surface area contributed by atoms with Gasteiger partial charge in [-0.05, 0) is 24.5 Å². The molecule has 0 N–H and O–H groups in total. The van der Waals surface area contributed by atoms with Crippen LogP contribution in [0.4, 0.5) is 0 Å². The summed E-state index contributed by atoms with van der Waals surface area (Å²) in [5, 5.41) is 0. The molecule has 14 heavy (non-hydrogen) atoms. The van der Waals surface area contributed by atoms with Gasteiger partial charge in [-0.15, -0.1) is 0 Å². The van der Waals surface area contributed by atoms with Crippen LogP contribution in [-0.2, 0) is 22.2 Å². The van der Waals surface area contributed by atoms with Crippen molar-refractivity contribution in [2.24, 2.45) is 0 Å². The van der Waals surface area contributed by atoms with Crippen LogP contribution in [0.25, 0.3) is 0 Å². The maximum atomic E-state index is 5.45. The lowest BCUT2D eigenvalue weighted by molar-refractivity contribution is -0.0725. The summed E-state index contributed by atoms with van der Waals surface area (Å²) in [4.78, 5) is 0. The minimum Gasteiger partial charge on any atom is -0.394 e. The van der Waals surface area contributed by atoms with Crippen LogP contribution in [0.3, 0.4) is 0 Å². The van der Waals surface area contributed by atoms with Gasteiger partial charge in [0, 0.05) is 0 Å². The number of rotatable bonds is 5. The maximum Gasteiger partial charge on any atom is 0.249 e. The molecule has 0 fully saturated rings. The second-order valence-corrected chi connectivity index (χ2v) is 3.35. The summed E-state index contributed by atoms with van der Waals surface area (Å²) < 4.78 is 10.3. The van der Waals surface area contributed by atoms with Crippen LogP contribution in [0.5, 0.6) is 0 Å². The van der Waals surface area contributed by atoms with E-state index in [1.165, 1.54) is 11.1 Å². The van der Waals surface area contributed by atoms with Gasteiger partial charge in [0.15, 0.2) is 0 Å². The molecule has 3 radical (unpaired) electrons. The molecule has 0 aromatic heterocycles. The van der Waals surface area contributed by atoms with Gasteiger partial charge in [0.25, 0.3) is 0 Å². The molecule has 0 bridgehead atoms. The number of aryl methyl sites for hydroxylation is 1. The molecule has 0 heterocycles. The molecule has 1 unspecified atom stereocenters. The van der Waals surface area contributed by atoms with E-state index in [0.29, 0.717) is 6.61 Å². The third-order valence-corrected chi connectivity index (χ3v) is 2.47. The summed E-state index contributed by atoms with van der Waals surface area (Å²) >= 11 is 0. The molecule has 1 aromatic rings. The molecule has 0 aliphatic carbocycles. The molecule has 0 saturated carbocycles. The van der Waals surface area contributed by atoms with Crippen molar-refractivity contribution < 1.29 is 9.16 Å². The average molecular weight is 207 g/mol. The number of hydrogen-bond acceptors (Lipinski definition) is 2. The van der Waals surface area contributed by atoms with Crippen molar-refractivity contribution in [3.05, 3.63) is 35.4 Å². The van der Waals surface area contributed by atoms with Crippen molar-refractivity contribution in [3.63, 3.8) is 0 Å². The fourth-order valence-corrected chi connectivity index (χ4v) is 1.35. The van der Waals surface area contributed by atoms with Crippen molar-refractivity contribution in [2.45, 2.75) is 33.2 Å². The zero-order valence-electron chi connectivity index (χ0n) is 8.62. The largest absolute Gasteiger partial charge is 0.394 e. The molecule has 0 aliphatic heterocycles. The van der Waals surface area contributed by atoms with E-state index < -0.39 is 0 Å². The first-order chi connectivity index (χ1) is 6.77. The Labute approximate surface area is 88.8 Å². The van der Waals surface area contributed by atoms with Gasteiger partial charge >= 0.3 is 0 Å². The smallest absolute Gasteiger partial charge is 0.249 e. The van der Waals surface area contributed by atoms with Crippen molar-refractivity contribution in [1.29, 1.82) is 0 Å². The van der Waals surface area contributed by atoms with Gasteiger partial charge < -0.3 is 9.16 Å². The zero-order valence-corrected chi connectivity index (χ0v) is 9.62. The first-order valence-electron chi connectivity index (χ1n) is 4.78. The van der Waals surface area contributed by atoms with Crippen LogP contribution >= 0.6 is 0 Å². The van der Waals surface area contributed by atoms with Gasteiger partial charge in [0.2, 0.25) is 10.5 Å². The maximum absolute atomic E-state index is 5.45. The fraction of sp³-hybridized carbons (Fsp3) is 0.455. The molecule has 0 spiro atoms. The third-order valence-electron chi connectivity index (χ3n) is 2.14. The third kappa shape index (κ3) is 3.25. The Kier molecular flexibility index (Phi) is 4.86. The molecule has 3 heteroatoms. The quantitative estimate of drug-likeness (QED) is 0.544. The highest BCUT2D eigenvalue weighted by Gasteiger charge is 2.02. The second kappa shape index (κ2) is 5.96. The normalized spacial score (nSPS) is 12.8. The summed E-state index contributed by atoms with van der Waals surface area (Å²) in [5.74, 6) is 0. The van der Waals surface area contributed by atoms with E-state index in [9.17, 15) is 0 Å². The monoisotopic (exact) mass is 207 g/mol. The predicted octanol–water partition coefficient (Wildman–Crippen LogP) is 2.21. The van der Waals surface area contributed by atoms with E-state index in [1.54, 1.807) is 0 Å². The Morgan fingerprint density at radius 2 is 1.93 bits per heavy atom. The lowest BCUT2D eigenvalue weighted by atomic mass is 10.1. The topological polar surface area (TPSA) is 18.5 Å². The number of hydrogen-bond donors (Lipinski definition) is 0. The van der Waals surface area contributed by atoms with Crippen molar-refractivity contribution in [3.8, 4) is 0 Å². The van der Waals surface area contributed by atoms with Crippen LogP contribution in [0, 0.1) is 0 Å². The van der Waals surface area contributed by atoms with Gasteiger partial charge in [0.05, 0.1) is 6.61 Å². The predicted molar refractivity (Wildman–Crippen MR) is 56.9 cm³/mol. The summed E-state index contributed by atoms with van der Waals surface area (Å²) in [6.45, 7) is 4.58. The summed E-state index contributed by atoms with van der Waals surface area (Å²) in [5.41, 5.74) is 2.55. The molecule has 1 aromatic carbocycles. The molecule has 1 rings (SSSR count). The molecule has 75 valence electrons. The van der Waals surface area contributed by atoms with Crippen molar-refractivity contribution in [1.82, 2.24) is 0 Å². The van der Waals surface area contributed by atoms with Gasteiger partial charge in [-0.3, -0.25) is 0 Å². The molecule has 0 saturated heterocycles. The second-order valence-electron chi connectivity index (χ2n) is 3.12. The highest BCUT2D eigenvalue weighted by Crippen LogP contribution is 2.11. The molecule has 0 aliphatic rings. The minimum atomic E-state index is -0.225. The van der Waals surface area contributed by atoms with E-state index in [-0.39, 0.29) is 6.29 Å². The molecule has 0 amide bonds. The van der Waals surface area contributed by atoms with Crippen molar-refractivity contribution in [2.75, 3.05) is 0 Å². The summed E-state index contributed by atoms with van der Waals surface area (Å²) in [7, 11) is 2.95. The molecule has 1 atom stereocenters. The minimum absolute atomic E-state index is 0.225. The Hall–Kier alpha value is -0.643. The Morgan fingerprint density at radius 1 is 1.29 bits per heavy atom. The number of ether oxygens (including phenoxy) is 1. The molecular weight excluding hydrogens is 192 g/mol. The molecular formula is C11H15O2Si. The van der Waals surface area contributed by atoms with E-state index in [4.69, 9.17) is 9.16 Å². The SMILES string of the molecule is CCc1ccccc1COC(C)O[Si]. The van der Waals surface area contributed by atoms with E-state index >= 15 is 0 Å². The first kappa shape index (κ1) is 11.4. The van der Waals surface area contributed by atoms with Gasteiger partial charge in [-0.2, -0.15) is 0 Å². The van der Waals surface area contributed by atoms with Gasteiger partial charge in [-0.25, -0.2) is 0 Å². The van der Waals surface area contributed by atoms with Crippen LogP contribution in [0.15, 0.2) is 24.3 Å². The Balaban J connectivity index is 2.57. The van der Waals surface area contributed by atoms with Crippen LogP contribution in [0.1, 0.15) is 25.0 Å². The Bertz CT molecular complexity index is 276. The summed E-state index contributed by atoms with van der Waals surface area (Å²) in [6.07, 6.45) is 0.805. The summed E-state index contributed by atoms with van der Waals surface area (Å²) in [6, 6.07) is 8.28. The van der Waals surface area contributed by atoms with Crippen molar-refractivity contribution >= 4 is 10.5 Å². The van der Waals surface area contributed by atoms with Crippen LogP contribution < -0.4 is 0 Å². The van der Waals surface area contributed by atoms with Gasteiger partial charge in [0.1, 0.15) is 6.29 Å². The van der Waals surface area contributed by atoms with E-state index in [1.807, 2.05) is 19.1 Å². The Morgan fingerprint density at radius 3 is 2.50 bits per heavy atom. The highest BCUT2D eigenvalue weighted by atomic mass is 28.2. The van der Waals surface area contributed by atoms with Gasteiger partial charge in [-0.1, -0.05) is 31.2 Å². The van der Waals surface area contributed by atoms with Crippen LogP contribution in [0.2, 0.25) is 0 Å². The number of benzene rings is 1. The lowest BCUT2D eigenvalue weighted by Gasteiger charge is -2.13. The fourth-order valence-electron chi connectivity index (χ4n) is 1.28. The lowest BCUT2D eigenvalue weighted by Crippen LogP contribution is -2.11. The zero-order chi connectivity index (χ0) is 10.4. The molecule has 2 nitrogen and oxygen atoms in total. The average Bonchev–Trinajstić information content (AvgIpc) is 2.26. The van der Waals surface area contributed by atoms with E-state index in [0.717, 1.165) is 6.42 Å². The standard InChI is InChI=1S/C11H15O2Si/c1-3-10-6-4-5-7-11(10)8-12-9(2)13-14/h4-7,9H,3,8H2,1-2H3. The van der Waals surface area contributed by atoms with E-state index in [2.05, 4.69) is 29.5 Å². The van der Waals surface area contributed by atoms with Crippen LogP contribution in [-0.4, -0.2) is 16.8 Å².